The number of anilines is 2. The number of nitrogens with one attached hydrogen (secondary N) is 2. The monoisotopic (exact) mass is 535 g/mol. The van der Waals surface area contributed by atoms with E-state index >= 15 is 0 Å². The second-order valence-corrected chi connectivity index (χ2v) is 11.2. The topological polar surface area (TPSA) is 135 Å². The fraction of sp³-hybridized carbons (Fsp3) is 0.385. The Labute approximate surface area is 223 Å². The zero-order chi connectivity index (χ0) is 27.0. The zero-order valence-electron chi connectivity index (χ0n) is 21.9. The standard InChI is InChI=1S/C26H29N7O4S/c1-14-20(23(34)36-26(3,4)5)38-24(28-14)31-25(35)33-11-9-18(13-33)30-22-19-12-17(21-29-15(2)37-32-21)7-6-16(19)8-10-27-22/h6-8,10,12,18H,9,11,13H2,1-5H3,(H,27,30)(H,28,31,35)/t18-/m1/s1. The number of nitrogens with zero attached hydrogens (tertiary/aromatic N) is 5. The molecule has 38 heavy (non-hydrogen) atoms. The molecule has 1 aliphatic heterocycles. The van der Waals surface area contributed by atoms with Gasteiger partial charge < -0.3 is 19.5 Å². The Morgan fingerprint density at radius 2 is 2.00 bits per heavy atom. The van der Waals surface area contributed by atoms with Gasteiger partial charge in [-0.2, -0.15) is 4.98 Å². The van der Waals surface area contributed by atoms with E-state index in [4.69, 9.17) is 9.26 Å². The number of aromatic nitrogens is 4. The molecule has 1 atom stereocenters. The molecular weight excluding hydrogens is 506 g/mol. The predicted molar refractivity (Wildman–Crippen MR) is 144 cm³/mol. The number of benzene rings is 1. The molecule has 1 aliphatic rings. The maximum Gasteiger partial charge on any atom is 0.350 e. The molecule has 4 heterocycles. The number of thiazole rings is 1. The number of hydrogen-bond donors (Lipinski definition) is 2. The molecule has 3 aromatic heterocycles. The molecule has 0 saturated carbocycles. The molecule has 0 spiro atoms. The summed E-state index contributed by atoms with van der Waals surface area (Å²) < 4.78 is 10.6. The highest BCUT2D eigenvalue weighted by Gasteiger charge is 2.28. The van der Waals surface area contributed by atoms with Crippen LogP contribution in [0.4, 0.5) is 15.7 Å². The van der Waals surface area contributed by atoms with Crippen molar-refractivity contribution in [1.82, 2.24) is 25.0 Å². The Bertz CT molecular complexity index is 1510. The predicted octanol–water partition coefficient (Wildman–Crippen LogP) is 5.03. The highest BCUT2D eigenvalue weighted by molar-refractivity contribution is 7.17. The third kappa shape index (κ3) is 5.59. The first kappa shape index (κ1) is 25.6. The number of esters is 1. The van der Waals surface area contributed by atoms with Gasteiger partial charge in [0.1, 0.15) is 16.3 Å². The Morgan fingerprint density at radius 3 is 2.74 bits per heavy atom. The number of fused-ring (bicyclic) bond motifs is 1. The number of amides is 2. The number of carbonyl (C=O) groups excluding carboxylic acids is 2. The van der Waals surface area contributed by atoms with Crippen LogP contribution in [0.25, 0.3) is 22.2 Å². The van der Waals surface area contributed by atoms with E-state index in [2.05, 4.69) is 30.7 Å². The summed E-state index contributed by atoms with van der Waals surface area (Å²) in [4.78, 5) is 40.7. The summed E-state index contributed by atoms with van der Waals surface area (Å²) in [6.45, 7) is 9.98. The highest BCUT2D eigenvalue weighted by Crippen LogP contribution is 2.29. The molecule has 2 amide bonds. The van der Waals surface area contributed by atoms with Gasteiger partial charge in [-0.15, -0.1) is 0 Å². The molecule has 0 radical (unpaired) electrons. The maximum absolute atomic E-state index is 12.9. The largest absolute Gasteiger partial charge is 0.456 e. The minimum atomic E-state index is -0.610. The fourth-order valence-electron chi connectivity index (χ4n) is 4.23. The van der Waals surface area contributed by atoms with Crippen molar-refractivity contribution in [3.63, 3.8) is 0 Å². The van der Waals surface area contributed by atoms with Crippen molar-refractivity contribution < 1.29 is 18.8 Å². The number of urea groups is 1. The summed E-state index contributed by atoms with van der Waals surface area (Å²) in [7, 11) is 0. The Kier molecular flexibility index (Phi) is 6.74. The lowest BCUT2D eigenvalue weighted by molar-refractivity contribution is 0.00741. The summed E-state index contributed by atoms with van der Waals surface area (Å²) in [6.07, 6.45) is 2.52. The van der Waals surface area contributed by atoms with Crippen LogP contribution in [-0.4, -0.2) is 61.7 Å². The normalized spacial score (nSPS) is 15.6. The van der Waals surface area contributed by atoms with Crippen molar-refractivity contribution in [2.45, 2.75) is 52.7 Å². The number of aryl methyl sites for hydroxylation is 2. The zero-order valence-corrected chi connectivity index (χ0v) is 22.7. The lowest BCUT2D eigenvalue weighted by Crippen LogP contribution is -2.35. The van der Waals surface area contributed by atoms with Gasteiger partial charge in [0.05, 0.1) is 5.69 Å². The van der Waals surface area contributed by atoms with Crippen molar-refractivity contribution in [2.24, 2.45) is 0 Å². The lowest BCUT2D eigenvalue weighted by atomic mass is 10.1. The Morgan fingerprint density at radius 1 is 1.18 bits per heavy atom. The van der Waals surface area contributed by atoms with Gasteiger partial charge in [0.2, 0.25) is 11.7 Å². The highest BCUT2D eigenvalue weighted by atomic mass is 32.1. The molecule has 198 valence electrons. The number of hydrogen-bond acceptors (Lipinski definition) is 10. The Balaban J connectivity index is 1.25. The van der Waals surface area contributed by atoms with Crippen LogP contribution in [0.1, 0.15) is 48.4 Å². The van der Waals surface area contributed by atoms with Gasteiger partial charge in [0.15, 0.2) is 5.13 Å². The van der Waals surface area contributed by atoms with E-state index in [-0.39, 0.29) is 12.1 Å². The van der Waals surface area contributed by atoms with E-state index < -0.39 is 11.6 Å². The fourth-order valence-corrected chi connectivity index (χ4v) is 5.06. The maximum atomic E-state index is 12.9. The molecule has 4 aromatic rings. The van der Waals surface area contributed by atoms with Crippen LogP contribution in [0.2, 0.25) is 0 Å². The first-order valence-electron chi connectivity index (χ1n) is 12.3. The van der Waals surface area contributed by atoms with Crippen molar-refractivity contribution >= 4 is 45.1 Å². The van der Waals surface area contributed by atoms with Crippen LogP contribution >= 0.6 is 11.3 Å². The van der Waals surface area contributed by atoms with Crippen LogP contribution in [0.3, 0.4) is 0 Å². The SMILES string of the molecule is Cc1nc(-c2ccc3ccnc(N[C@@H]4CCN(C(=O)Nc5nc(C)c(C(=O)OC(C)(C)C)s5)C4)c3c2)no1. The van der Waals surface area contributed by atoms with Crippen LogP contribution < -0.4 is 10.6 Å². The third-order valence-electron chi connectivity index (χ3n) is 5.96. The van der Waals surface area contributed by atoms with Crippen molar-refractivity contribution in [3.05, 3.63) is 46.9 Å². The van der Waals surface area contributed by atoms with E-state index in [0.717, 1.165) is 39.9 Å². The summed E-state index contributed by atoms with van der Waals surface area (Å²) in [5, 5.41) is 12.7. The summed E-state index contributed by atoms with van der Waals surface area (Å²) in [5.41, 5.74) is 0.751. The first-order chi connectivity index (χ1) is 18.1. The molecule has 12 heteroatoms. The Hall–Kier alpha value is -4.06. The molecule has 0 aliphatic carbocycles. The summed E-state index contributed by atoms with van der Waals surface area (Å²) >= 11 is 1.11. The molecular formula is C26H29N7O4S. The smallest absolute Gasteiger partial charge is 0.350 e. The summed E-state index contributed by atoms with van der Waals surface area (Å²) in [5.74, 6) is 1.31. The number of rotatable bonds is 5. The van der Waals surface area contributed by atoms with E-state index in [1.54, 1.807) is 24.9 Å². The number of likely N-dealkylation sites (tertiary alicyclic amines) is 1. The van der Waals surface area contributed by atoms with Crippen LogP contribution in [-0.2, 0) is 4.74 Å². The molecule has 2 N–H and O–H groups in total. The van der Waals surface area contributed by atoms with E-state index in [1.165, 1.54) is 0 Å². The first-order valence-corrected chi connectivity index (χ1v) is 13.1. The molecule has 1 saturated heterocycles. The van der Waals surface area contributed by atoms with Gasteiger partial charge in [-0.3, -0.25) is 5.32 Å². The molecule has 1 aromatic carbocycles. The number of pyridine rings is 1. The van der Waals surface area contributed by atoms with Crippen LogP contribution in [0.15, 0.2) is 35.0 Å². The van der Waals surface area contributed by atoms with Gasteiger partial charge in [0.25, 0.3) is 0 Å². The minimum Gasteiger partial charge on any atom is -0.456 e. The third-order valence-corrected chi connectivity index (χ3v) is 7.02. The molecule has 0 bridgehead atoms. The minimum absolute atomic E-state index is 0.0188. The lowest BCUT2D eigenvalue weighted by Gasteiger charge is -2.18. The van der Waals surface area contributed by atoms with Gasteiger partial charge in [-0.25, -0.2) is 19.6 Å². The van der Waals surface area contributed by atoms with E-state index in [9.17, 15) is 9.59 Å². The molecule has 0 unspecified atom stereocenters. The quantitative estimate of drug-likeness (QED) is 0.337. The van der Waals surface area contributed by atoms with E-state index in [0.29, 0.717) is 40.5 Å². The van der Waals surface area contributed by atoms with Gasteiger partial charge >= 0.3 is 12.0 Å². The second-order valence-electron chi connectivity index (χ2n) is 10.2. The molecule has 11 nitrogen and oxygen atoms in total. The van der Waals surface area contributed by atoms with Gasteiger partial charge in [-0.05, 0) is 51.6 Å². The van der Waals surface area contributed by atoms with Crippen LogP contribution in [0.5, 0.6) is 0 Å². The number of carbonyl (C=O) groups is 2. The van der Waals surface area contributed by atoms with Crippen molar-refractivity contribution in [2.75, 3.05) is 23.7 Å². The van der Waals surface area contributed by atoms with E-state index in [1.807, 2.05) is 45.0 Å². The van der Waals surface area contributed by atoms with Crippen molar-refractivity contribution in [1.29, 1.82) is 0 Å². The van der Waals surface area contributed by atoms with Crippen LogP contribution in [0, 0.1) is 13.8 Å². The molecule has 1 fully saturated rings. The summed E-state index contributed by atoms with van der Waals surface area (Å²) in [6, 6.07) is 7.64. The van der Waals surface area contributed by atoms with Crippen molar-refractivity contribution in [3.8, 4) is 11.4 Å². The number of ether oxygens (including phenoxy) is 1. The molecule has 5 rings (SSSR count). The average molecular weight is 536 g/mol. The average Bonchev–Trinajstić information content (AvgIpc) is 3.58. The second kappa shape index (κ2) is 10.0. The van der Waals surface area contributed by atoms with Gasteiger partial charge in [-0.1, -0.05) is 28.6 Å². The van der Waals surface area contributed by atoms with Gasteiger partial charge in [0, 0.05) is 43.2 Å².